The van der Waals surface area contributed by atoms with Gasteiger partial charge in [0.2, 0.25) is 0 Å². The normalized spacial score (nSPS) is 14.0. The second-order valence-corrected chi connectivity index (χ2v) is 5.72. The van der Waals surface area contributed by atoms with E-state index in [-0.39, 0.29) is 12.1 Å². The molecule has 0 saturated carbocycles. The van der Waals surface area contributed by atoms with Crippen LogP contribution in [0.25, 0.3) is 11.0 Å². The summed E-state index contributed by atoms with van der Waals surface area (Å²) >= 11 is 0. The third kappa shape index (κ3) is 3.25. The van der Waals surface area contributed by atoms with E-state index >= 15 is 0 Å². The first-order valence-corrected chi connectivity index (χ1v) is 7.91. The first-order valence-electron chi connectivity index (χ1n) is 7.91. The van der Waals surface area contributed by atoms with Crippen LogP contribution in [0.4, 0.5) is 13.2 Å². The lowest BCUT2D eigenvalue weighted by Crippen LogP contribution is -2.23. The average Bonchev–Trinajstić information content (AvgIpc) is 2.99. The van der Waals surface area contributed by atoms with Gasteiger partial charge in [-0.3, -0.25) is 10.3 Å². The monoisotopic (exact) mass is 349 g/mol. The number of fused-ring (bicyclic) bond motifs is 1. The lowest BCUT2D eigenvalue weighted by molar-refractivity contribution is 0.137. The number of benzene rings is 1. The predicted molar refractivity (Wildman–Crippen MR) is 88.8 cm³/mol. The molecule has 2 atom stereocenters. The summed E-state index contributed by atoms with van der Waals surface area (Å²) in [4.78, 5) is 4.25. The molecule has 2 aromatic heterocycles. The molecule has 3 aromatic rings. The molecule has 1 aromatic carbocycles. The number of alkyl halides is 1. The number of rotatable bonds is 6. The van der Waals surface area contributed by atoms with Gasteiger partial charge in [0.1, 0.15) is 24.5 Å². The van der Waals surface area contributed by atoms with E-state index in [4.69, 9.17) is 0 Å². The molecule has 0 radical (unpaired) electrons. The Morgan fingerprint density at radius 3 is 2.60 bits per heavy atom. The number of aliphatic hydroxyl groups excluding tert-OH is 1. The molecule has 25 heavy (non-hydrogen) atoms. The highest BCUT2D eigenvalue weighted by Gasteiger charge is 2.23. The number of hydrogen-bond donors (Lipinski definition) is 2. The van der Waals surface area contributed by atoms with Gasteiger partial charge in [0.15, 0.2) is 0 Å². The lowest BCUT2D eigenvalue weighted by atomic mass is 10.1. The Morgan fingerprint density at radius 1 is 1.20 bits per heavy atom. The van der Waals surface area contributed by atoms with Crippen molar-refractivity contribution in [3.05, 3.63) is 65.5 Å². The first-order chi connectivity index (χ1) is 12.0. The van der Waals surface area contributed by atoms with Gasteiger partial charge in [-0.2, -0.15) is 0 Å². The smallest absolute Gasteiger partial charge is 0.134 e. The fourth-order valence-electron chi connectivity index (χ4n) is 2.98. The molecular formula is C18H18F3N3O. The van der Waals surface area contributed by atoms with Gasteiger partial charge in [0, 0.05) is 30.1 Å². The summed E-state index contributed by atoms with van der Waals surface area (Å²) in [6.07, 6.45) is 2.02. The summed E-state index contributed by atoms with van der Waals surface area (Å²) in [5, 5.41) is 12.9. The molecule has 0 aliphatic carbocycles. The molecule has 0 fully saturated rings. The van der Waals surface area contributed by atoms with Crippen LogP contribution in [0.1, 0.15) is 30.3 Å². The van der Waals surface area contributed by atoms with Crippen LogP contribution in [0.3, 0.4) is 0 Å². The second-order valence-electron chi connectivity index (χ2n) is 5.72. The number of aliphatic hydroxyl groups is 1. The molecule has 0 bridgehead atoms. The van der Waals surface area contributed by atoms with Crippen molar-refractivity contribution in [1.82, 2.24) is 14.9 Å². The van der Waals surface area contributed by atoms with Crippen LogP contribution in [-0.2, 0) is 0 Å². The van der Waals surface area contributed by atoms with Crippen molar-refractivity contribution in [2.75, 3.05) is 13.2 Å². The summed E-state index contributed by atoms with van der Waals surface area (Å²) < 4.78 is 42.3. The first kappa shape index (κ1) is 17.4. The number of hydrogen-bond acceptors (Lipinski definition) is 3. The van der Waals surface area contributed by atoms with E-state index in [1.807, 2.05) is 0 Å². The Balaban J connectivity index is 2.10. The summed E-state index contributed by atoms with van der Waals surface area (Å²) in [5.74, 6) is -1.29. The van der Waals surface area contributed by atoms with Crippen LogP contribution in [0.15, 0.2) is 42.7 Å². The minimum absolute atomic E-state index is 0.0157. The largest absolute Gasteiger partial charge is 0.374 e. The standard InChI is InChI=1S/C18H18F3N3O/c1-11(16-13(20)4-2-5-14(16)21)24-10-12(18(25)23-9-7-19)17-15(24)6-3-8-22-17/h2-6,8,10-11,18,23,25H,7,9H2,1H3. The van der Waals surface area contributed by atoms with E-state index in [0.717, 1.165) is 0 Å². The molecule has 0 aliphatic rings. The molecule has 4 nitrogen and oxygen atoms in total. The third-order valence-electron chi connectivity index (χ3n) is 4.18. The highest BCUT2D eigenvalue weighted by Crippen LogP contribution is 2.31. The lowest BCUT2D eigenvalue weighted by Gasteiger charge is -2.17. The van der Waals surface area contributed by atoms with Crippen LogP contribution in [0.5, 0.6) is 0 Å². The topological polar surface area (TPSA) is 50.1 Å². The predicted octanol–water partition coefficient (Wildman–Crippen LogP) is 3.47. The summed E-state index contributed by atoms with van der Waals surface area (Å²) in [5.41, 5.74) is 1.47. The molecule has 132 valence electrons. The quantitative estimate of drug-likeness (QED) is 0.670. The van der Waals surface area contributed by atoms with Crippen LogP contribution in [0, 0.1) is 11.6 Å². The Hall–Kier alpha value is -2.38. The Morgan fingerprint density at radius 2 is 1.92 bits per heavy atom. The molecule has 0 amide bonds. The van der Waals surface area contributed by atoms with Crippen molar-refractivity contribution in [2.24, 2.45) is 0 Å². The van der Waals surface area contributed by atoms with Crippen LogP contribution >= 0.6 is 0 Å². The Labute approximate surface area is 142 Å². The number of aromatic nitrogens is 2. The van der Waals surface area contributed by atoms with Crippen molar-refractivity contribution >= 4 is 11.0 Å². The number of nitrogens with one attached hydrogen (secondary N) is 1. The molecule has 3 rings (SSSR count). The maximum absolute atomic E-state index is 14.1. The van der Waals surface area contributed by atoms with Crippen LogP contribution in [0.2, 0.25) is 0 Å². The molecule has 2 heterocycles. The number of nitrogens with zero attached hydrogens (tertiary/aromatic N) is 2. The molecule has 0 spiro atoms. The van der Waals surface area contributed by atoms with E-state index < -0.39 is 30.6 Å². The minimum atomic E-state index is -1.13. The average molecular weight is 349 g/mol. The second kappa shape index (κ2) is 7.25. The zero-order chi connectivity index (χ0) is 18.0. The van der Waals surface area contributed by atoms with Crippen molar-refractivity contribution in [1.29, 1.82) is 0 Å². The van der Waals surface area contributed by atoms with Crippen molar-refractivity contribution in [3.8, 4) is 0 Å². The maximum Gasteiger partial charge on any atom is 0.134 e. The SMILES string of the molecule is CC(c1c(F)cccc1F)n1cc(C(O)NCCF)c2ncccc21. The Bertz CT molecular complexity index is 861. The van der Waals surface area contributed by atoms with Gasteiger partial charge >= 0.3 is 0 Å². The zero-order valence-electron chi connectivity index (χ0n) is 13.6. The highest BCUT2D eigenvalue weighted by atomic mass is 19.1. The summed E-state index contributed by atoms with van der Waals surface area (Å²) in [6, 6.07) is 6.52. The molecular weight excluding hydrogens is 331 g/mol. The molecule has 2 N–H and O–H groups in total. The third-order valence-corrected chi connectivity index (χ3v) is 4.18. The molecule has 0 aliphatic heterocycles. The van der Waals surface area contributed by atoms with E-state index in [1.54, 1.807) is 36.0 Å². The van der Waals surface area contributed by atoms with Crippen molar-refractivity contribution < 1.29 is 18.3 Å². The van der Waals surface area contributed by atoms with Gasteiger partial charge in [-0.05, 0) is 31.2 Å². The Kier molecular flexibility index (Phi) is 5.06. The highest BCUT2D eigenvalue weighted by molar-refractivity contribution is 5.80. The fourth-order valence-corrected chi connectivity index (χ4v) is 2.98. The van der Waals surface area contributed by atoms with Gasteiger partial charge in [0.05, 0.1) is 17.1 Å². The van der Waals surface area contributed by atoms with Crippen molar-refractivity contribution in [2.45, 2.75) is 19.2 Å². The van der Waals surface area contributed by atoms with Crippen molar-refractivity contribution in [3.63, 3.8) is 0 Å². The summed E-state index contributed by atoms with van der Waals surface area (Å²) in [7, 11) is 0. The molecule has 7 heteroatoms. The fraction of sp³-hybridized carbons (Fsp3) is 0.278. The van der Waals surface area contributed by atoms with Crippen LogP contribution < -0.4 is 5.32 Å². The van der Waals surface area contributed by atoms with Crippen LogP contribution in [-0.4, -0.2) is 27.9 Å². The minimum Gasteiger partial charge on any atom is -0.374 e. The summed E-state index contributed by atoms with van der Waals surface area (Å²) in [6.45, 7) is 1.03. The zero-order valence-corrected chi connectivity index (χ0v) is 13.6. The van der Waals surface area contributed by atoms with E-state index in [0.29, 0.717) is 16.6 Å². The van der Waals surface area contributed by atoms with E-state index in [1.165, 1.54) is 18.2 Å². The van der Waals surface area contributed by atoms with Gasteiger partial charge < -0.3 is 9.67 Å². The molecule has 0 saturated heterocycles. The van der Waals surface area contributed by atoms with Gasteiger partial charge in [-0.1, -0.05) is 6.07 Å². The maximum atomic E-state index is 14.1. The van der Waals surface area contributed by atoms with E-state index in [2.05, 4.69) is 10.3 Å². The molecule has 2 unspecified atom stereocenters. The number of pyridine rings is 1. The van der Waals surface area contributed by atoms with Gasteiger partial charge in [0.25, 0.3) is 0 Å². The number of halogens is 3. The van der Waals surface area contributed by atoms with E-state index in [9.17, 15) is 18.3 Å². The van der Waals surface area contributed by atoms with Gasteiger partial charge in [-0.25, -0.2) is 13.2 Å². The van der Waals surface area contributed by atoms with Gasteiger partial charge in [-0.15, -0.1) is 0 Å².